The number of sulfone groups is 1. The quantitative estimate of drug-likeness (QED) is 0.524. The van der Waals surface area contributed by atoms with E-state index in [0.717, 1.165) is 24.0 Å². The number of fused-ring (bicyclic) bond motifs is 1. The summed E-state index contributed by atoms with van der Waals surface area (Å²) in [6.07, 6.45) is 5.99. The first-order valence-electron chi connectivity index (χ1n) is 10.2. The van der Waals surface area contributed by atoms with Gasteiger partial charge in [-0.05, 0) is 48.2 Å². The minimum absolute atomic E-state index is 0.00349. The van der Waals surface area contributed by atoms with Gasteiger partial charge in [-0.15, -0.1) is 11.3 Å². The zero-order chi connectivity index (χ0) is 22.0. The average Bonchev–Trinajstić information content (AvgIpc) is 3.23. The van der Waals surface area contributed by atoms with E-state index in [0.29, 0.717) is 17.7 Å². The summed E-state index contributed by atoms with van der Waals surface area (Å²) in [6, 6.07) is 12.3. The number of aliphatic imine (C=N–C) groups is 1. The van der Waals surface area contributed by atoms with Crippen molar-refractivity contribution in [1.82, 2.24) is 4.98 Å². The molecule has 0 saturated heterocycles. The predicted octanol–water partition coefficient (Wildman–Crippen LogP) is 4.63. The number of nitrogens with zero attached hydrogens (tertiary/aromatic N) is 2. The standard InChI is InChI=1S/C24H24N2O3S2/c1-16-21(22(27)9-12-31(2,28)29)14-20(23(26-16)19-7-4-10-25-15-19)13-18-6-3-5-17-8-11-30-24(17)18/h3-8,10-11,15,20H,9,12-14H2,1-2H3. The van der Waals surface area contributed by atoms with Crippen molar-refractivity contribution in [3.05, 3.63) is 76.6 Å². The van der Waals surface area contributed by atoms with E-state index in [9.17, 15) is 13.2 Å². The Hall–Kier alpha value is -2.64. The lowest BCUT2D eigenvalue weighted by atomic mass is 9.82. The lowest BCUT2D eigenvalue weighted by Gasteiger charge is -2.26. The maximum absolute atomic E-state index is 12.9. The number of benzene rings is 1. The molecule has 0 N–H and O–H groups in total. The number of carbonyl (C=O) groups is 1. The Labute approximate surface area is 186 Å². The Balaban J connectivity index is 1.70. The van der Waals surface area contributed by atoms with Gasteiger partial charge in [0.15, 0.2) is 5.78 Å². The number of Topliss-reactive ketones (excluding diaryl/α,β-unsaturated/α-hetero) is 1. The normalized spacial score (nSPS) is 17.1. The molecule has 7 heteroatoms. The second-order valence-corrected chi connectivity index (χ2v) is 11.1. The number of allylic oxidation sites excluding steroid dienone is 2. The number of carbonyl (C=O) groups excluding carboxylic acids is 1. The maximum atomic E-state index is 12.9. The highest BCUT2D eigenvalue weighted by atomic mass is 32.2. The summed E-state index contributed by atoms with van der Waals surface area (Å²) >= 11 is 1.72. The van der Waals surface area contributed by atoms with E-state index < -0.39 is 9.84 Å². The summed E-state index contributed by atoms with van der Waals surface area (Å²) in [5.41, 5.74) is 4.42. The molecule has 3 heterocycles. The molecular formula is C24H24N2O3S2. The molecule has 4 rings (SSSR count). The topological polar surface area (TPSA) is 76.5 Å². The highest BCUT2D eigenvalue weighted by molar-refractivity contribution is 7.90. The molecular weight excluding hydrogens is 428 g/mol. The molecule has 0 aliphatic carbocycles. The zero-order valence-corrected chi connectivity index (χ0v) is 19.2. The van der Waals surface area contributed by atoms with Crippen LogP contribution in [-0.4, -0.2) is 36.9 Å². The van der Waals surface area contributed by atoms with Gasteiger partial charge in [0.25, 0.3) is 0 Å². The van der Waals surface area contributed by atoms with Crippen LogP contribution >= 0.6 is 11.3 Å². The Morgan fingerprint density at radius 1 is 1.19 bits per heavy atom. The second kappa shape index (κ2) is 8.85. The summed E-state index contributed by atoms with van der Waals surface area (Å²) in [6.45, 7) is 1.83. The van der Waals surface area contributed by atoms with Crippen LogP contribution in [0.15, 0.2) is 70.4 Å². The molecule has 1 atom stereocenters. The third kappa shape index (κ3) is 4.99. The summed E-state index contributed by atoms with van der Waals surface area (Å²) in [4.78, 5) is 21.9. The summed E-state index contributed by atoms with van der Waals surface area (Å²) in [5, 5.41) is 3.31. The predicted molar refractivity (Wildman–Crippen MR) is 126 cm³/mol. The number of hydrogen-bond acceptors (Lipinski definition) is 6. The van der Waals surface area contributed by atoms with Crippen LogP contribution in [-0.2, 0) is 21.1 Å². The molecule has 31 heavy (non-hydrogen) atoms. The van der Waals surface area contributed by atoms with Crippen molar-refractivity contribution in [2.24, 2.45) is 10.9 Å². The fraction of sp³-hybridized carbons (Fsp3) is 0.292. The van der Waals surface area contributed by atoms with Crippen LogP contribution < -0.4 is 0 Å². The van der Waals surface area contributed by atoms with Crippen LogP contribution in [0.2, 0.25) is 0 Å². The van der Waals surface area contributed by atoms with Crippen LogP contribution in [0.25, 0.3) is 10.1 Å². The van der Waals surface area contributed by atoms with Crippen molar-refractivity contribution in [3.8, 4) is 0 Å². The molecule has 5 nitrogen and oxygen atoms in total. The second-order valence-electron chi connectivity index (χ2n) is 7.97. The van der Waals surface area contributed by atoms with Crippen molar-refractivity contribution in [3.63, 3.8) is 0 Å². The Bertz CT molecular complexity index is 1290. The molecule has 0 saturated carbocycles. The molecule has 1 aliphatic heterocycles. The minimum atomic E-state index is -3.20. The zero-order valence-electron chi connectivity index (χ0n) is 17.5. The largest absolute Gasteiger partial charge is 0.294 e. The van der Waals surface area contributed by atoms with E-state index in [1.54, 1.807) is 23.7 Å². The van der Waals surface area contributed by atoms with Gasteiger partial charge in [-0.1, -0.05) is 24.3 Å². The first-order valence-corrected chi connectivity index (χ1v) is 13.1. The lowest BCUT2D eigenvalue weighted by molar-refractivity contribution is -0.115. The van der Waals surface area contributed by atoms with Gasteiger partial charge in [0.05, 0.1) is 11.5 Å². The number of ketones is 1. The first-order chi connectivity index (χ1) is 14.8. The number of aromatic nitrogens is 1. The van der Waals surface area contributed by atoms with E-state index >= 15 is 0 Å². The van der Waals surface area contributed by atoms with Crippen molar-refractivity contribution < 1.29 is 13.2 Å². The average molecular weight is 453 g/mol. The van der Waals surface area contributed by atoms with Crippen molar-refractivity contribution in [2.75, 3.05) is 12.0 Å². The van der Waals surface area contributed by atoms with Gasteiger partial charge in [-0.25, -0.2) is 8.42 Å². The van der Waals surface area contributed by atoms with Gasteiger partial charge in [0.1, 0.15) is 9.84 Å². The SMILES string of the molecule is CC1=C(C(=O)CCS(C)(=O)=O)CC(Cc2cccc3ccsc23)C(c2cccnc2)=N1. The van der Waals surface area contributed by atoms with Crippen molar-refractivity contribution in [2.45, 2.75) is 26.2 Å². The molecule has 0 amide bonds. The van der Waals surface area contributed by atoms with Gasteiger partial charge in [-0.3, -0.25) is 14.8 Å². The number of pyridine rings is 1. The number of hydrogen-bond donors (Lipinski definition) is 0. The number of thiophene rings is 1. The van der Waals surface area contributed by atoms with E-state index in [1.807, 2.05) is 19.1 Å². The smallest absolute Gasteiger partial charge is 0.161 e. The minimum Gasteiger partial charge on any atom is -0.294 e. The fourth-order valence-electron chi connectivity index (χ4n) is 4.04. The van der Waals surface area contributed by atoms with E-state index in [-0.39, 0.29) is 23.9 Å². The Kier molecular flexibility index (Phi) is 6.16. The van der Waals surface area contributed by atoms with Crippen LogP contribution in [0.4, 0.5) is 0 Å². The molecule has 3 aromatic rings. The van der Waals surface area contributed by atoms with Gasteiger partial charge in [-0.2, -0.15) is 0 Å². The highest BCUT2D eigenvalue weighted by Crippen LogP contribution is 2.33. The monoisotopic (exact) mass is 452 g/mol. The van der Waals surface area contributed by atoms with Crippen molar-refractivity contribution in [1.29, 1.82) is 0 Å². The van der Waals surface area contributed by atoms with Crippen LogP contribution in [0.1, 0.15) is 30.9 Å². The van der Waals surface area contributed by atoms with E-state index in [1.165, 1.54) is 15.6 Å². The number of rotatable bonds is 7. The third-order valence-corrected chi connectivity index (χ3v) is 7.53. The third-order valence-electron chi connectivity index (χ3n) is 5.58. The van der Waals surface area contributed by atoms with E-state index in [4.69, 9.17) is 4.99 Å². The van der Waals surface area contributed by atoms with Gasteiger partial charge in [0, 0.05) is 52.5 Å². The Morgan fingerprint density at radius 3 is 2.77 bits per heavy atom. The molecule has 2 aromatic heterocycles. The summed E-state index contributed by atoms with van der Waals surface area (Å²) in [7, 11) is -3.20. The summed E-state index contributed by atoms with van der Waals surface area (Å²) < 4.78 is 24.3. The van der Waals surface area contributed by atoms with Gasteiger partial charge < -0.3 is 0 Å². The van der Waals surface area contributed by atoms with Crippen LogP contribution in [0.5, 0.6) is 0 Å². The molecule has 0 bridgehead atoms. The van der Waals surface area contributed by atoms with Gasteiger partial charge >= 0.3 is 0 Å². The molecule has 1 aliphatic rings. The lowest BCUT2D eigenvalue weighted by Crippen LogP contribution is -2.26. The fourth-order valence-corrected chi connectivity index (χ4v) is 5.52. The first kappa shape index (κ1) is 21.6. The molecule has 160 valence electrons. The summed E-state index contributed by atoms with van der Waals surface area (Å²) in [5.74, 6) is -0.255. The molecule has 1 unspecified atom stereocenters. The highest BCUT2D eigenvalue weighted by Gasteiger charge is 2.29. The van der Waals surface area contributed by atoms with Crippen LogP contribution in [0.3, 0.4) is 0 Å². The van der Waals surface area contributed by atoms with Crippen LogP contribution in [0, 0.1) is 5.92 Å². The molecule has 0 spiro atoms. The molecule has 1 aromatic carbocycles. The van der Waals surface area contributed by atoms with Crippen molar-refractivity contribution >= 4 is 42.8 Å². The van der Waals surface area contributed by atoms with E-state index in [2.05, 4.69) is 34.6 Å². The maximum Gasteiger partial charge on any atom is 0.161 e. The molecule has 0 fully saturated rings. The Morgan fingerprint density at radius 2 is 2.03 bits per heavy atom. The molecule has 0 radical (unpaired) electrons. The van der Waals surface area contributed by atoms with Gasteiger partial charge in [0.2, 0.25) is 0 Å².